The predicted molar refractivity (Wildman–Crippen MR) is 94.1 cm³/mol. The Morgan fingerprint density at radius 2 is 2.00 bits per heavy atom. The summed E-state index contributed by atoms with van der Waals surface area (Å²) < 4.78 is 18.7. The lowest BCUT2D eigenvalue weighted by molar-refractivity contribution is -0.119. The standard InChI is InChI=1S/C17H14FN3O2S/c1-2-15(22)21-17(24)19-12-7-8-14-13(9-12)20-16(23-14)10-3-5-11(18)6-4-10/h3-9H,2H2,1H3,(H2,19,21,22,24). The number of oxazole rings is 1. The molecule has 0 saturated carbocycles. The van der Waals surface area contributed by atoms with Gasteiger partial charge in [-0.2, -0.15) is 0 Å². The van der Waals surface area contributed by atoms with Gasteiger partial charge in [-0.05, 0) is 54.7 Å². The van der Waals surface area contributed by atoms with Crippen molar-refractivity contribution in [2.75, 3.05) is 5.32 Å². The third-order valence-corrected chi connectivity index (χ3v) is 3.51. The number of anilines is 1. The Morgan fingerprint density at radius 1 is 1.25 bits per heavy atom. The average molecular weight is 343 g/mol. The quantitative estimate of drug-likeness (QED) is 0.707. The fourth-order valence-corrected chi connectivity index (χ4v) is 2.33. The zero-order valence-electron chi connectivity index (χ0n) is 12.8. The van der Waals surface area contributed by atoms with E-state index < -0.39 is 0 Å². The average Bonchev–Trinajstić information content (AvgIpc) is 2.98. The van der Waals surface area contributed by atoms with Gasteiger partial charge in [0.25, 0.3) is 0 Å². The number of benzene rings is 2. The molecule has 7 heteroatoms. The lowest BCUT2D eigenvalue weighted by atomic mass is 10.2. The summed E-state index contributed by atoms with van der Waals surface area (Å²) in [5, 5.41) is 5.71. The van der Waals surface area contributed by atoms with Crippen molar-refractivity contribution in [3.8, 4) is 11.5 Å². The number of hydrogen-bond acceptors (Lipinski definition) is 4. The van der Waals surface area contributed by atoms with E-state index in [0.29, 0.717) is 34.7 Å². The zero-order chi connectivity index (χ0) is 17.1. The molecule has 122 valence electrons. The van der Waals surface area contributed by atoms with Crippen LogP contribution in [0.25, 0.3) is 22.6 Å². The zero-order valence-corrected chi connectivity index (χ0v) is 13.6. The van der Waals surface area contributed by atoms with Crippen LogP contribution in [0.2, 0.25) is 0 Å². The van der Waals surface area contributed by atoms with Crippen LogP contribution in [0, 0.1) is 5.82 Å². The molecule has 1 aromatic heterocycles. The first-order valence-electron chi connectivity index (χ1n) is 7.32. The first-order valence-corrected chi connectivity index (χ1v) is 7.73. The van der Waals surface area contributed by atoms with E-state index in [9.17, 15) is 9.18 Å². The SMILES string of the molecule is CCC(=O)NC(=S)Nc1ccc2oc(-c3ccc(F)cc3)nc2c1. The number of rotatable bonds is 3. The van der Waals surface area contributed by atoms with E-state index in [1.807, 2.05) is 0 Å². The van der Waals surface area contributed by atoms with Gasteiger partial charge in [-0.3, -0.25) is 4.79 Å². The molecule has 2 aromatic carbocycles. The van der Waals surface area contributed by atoms with E-state index in [0.717, 1.165) is 0 Å². The van der Waals surface area contributed by atoms with Crippen LogP contribution in [0.1, 0.15) is 13.3 Å². The number of carbonyl (C=O) groups is 1. The molecule has 0 saturated heterocycles. The highest BCUT2D eigenvalue weighted by atomic mass is 32.1. The minimum Gasteiger partial charge on any atom is -0.436 e. The number of thiocarbonyl (C=S) groups is 1. The van der Waals surface area contributed by atoms with Gasteiger partial charge in [-0.1, -0.05) is 6.92 Å². The Kier molecular flexibility index (Phi) is 4.52. The van der Waals surface area contributed by atoms with Crippen molar-refractivity contribution < 1.29 is 13.6 Å². The van der Waals surface area contributed by atoms with Gasteiger partial charge in [0.2, 0.25) is 11.8 Å². The van der Waals surface area contributed by atoms with Crippen molar-refractivity contribution >= 4 is 40.0 Å². The fourth-order valence-electron chi connectivity index (χ4n) is 2.10. The largest absolute Gasteiger partial charge is 0.436 e. The molecular formula is C17H14FN3O2S. The highest BCUT2D eigenvalue weighted by Gasteiger charge is 2.10. The third-order valence-electron chi connectivity index (χ3n) is 3.31. The number of nitrogens with zero attached hydrogens (tertiary/aromatic N) is 1. The summed E-state index contributed by atoms with van der Waals surface area (Å²) in [5.74, 6) is -0.0680. The Hall–Kier alpha value is -2.80. The van der Waals surface area contributed by atoms with Crippen molar-refractivity contribution in [3.05, 3.63) is 48.3 Å². The third kappa shape index (κ3) is 3.57. The second-order valence-electron chi connectivity index (χ2n) is 5.06. The Morgan fingerprint density at radius 3 is 2.71 bits per heavy atom. The van der Waals surface area contributed by atoms with Gasteiger partial charge in [0, 0.05) is 17.7 Å². The van der Waals surface area contributed by atoms with Crippen molar-refractivity contribution in [1.82, 2.24) is 10.3 Å². The molecule has 0 aliphatic rings. The van der Waals surface area contributed by atoms with Crippen molar-refractivity contribution in [2.45, 2.75) is 13.3 Å². The first-order chi connectivity index (χ1) is 11.5. The lowest BCUT2D eigenvalue weighted by Crippen LogP contribution is -2.33. The highest BCUT2D eigenvalue weighted by Crippen LogP contribution is 2.26. The van der Waals surface area contributed by atoms with Crippen molar-refractivity contribution in [3.63, 3.8) is 0 Å². The number of amides is 1. The van der Waals surface area contributed by atoms with Gasteiger partial charge in [-0.25, -0.2) is 9.37 Å². The topological polar surface area (TPSA) is 67.2 Å². The Balaban J connectivity index is 1.82. The van der Waals surface area contributed by atoms with Gasteiger partial charge >= 0.3 is 0 Å². The molecule has 0 aliphatic carbocycles. The lowest BCUT2D eigenvalue weighted by Gasteiger charge is -2.08. The van der Waals surface area contributed by atoms with E-state index in [1.165, 1.54) is 12.1 Å². The Labute approximate surface area is 142 Å². The molecule has 0 spiro atoms. The maximum atomic E-state index is 13.0. The second-order valence-corrected chi connectivity index (χ2v) is 5.47. The molecule has 5 nitrogen and oxygen atoms in total. The number of aromatic nitrogens is 1. The highest BCUT2D eigenvalue weighted by molar-refractivity contribution is 7.80. The molecule has 1 amide bonds. The number of fused-ring (bicyclic) bond motifs is 1. The molecule has 24 heavy (non-hydrogen) atoms. The summed E-state index contributed by atoms with van der Waals surface area (Å²) in [4.78, 5) is 15.7. The molecule has 0 aliphatic heterocycles. The number of hydrogen-bond donors (Lipinski definition) is 2. The van der Waals surface area contributed by atoms with Crippen LogP contribution in [0.5, 0.6) is 0 Å². The first kappa shape index (κ1) is 16.1. The molecule has 0 fully saturated rings. The van der Waals surface area contributed by atoms with E-state index in [2.05, 4.69) is 15.6 Å². The molecule has 0 unspecified atom stereocenters. The van der Waals surface area contributed by atoms with Crippen LogP contribution in [0.15, 0.2) is 46.9 Å². The van der Waals surface area contributed by atoms with Crippen molar-refractivity contribution in [1.29, 1.82) is 0 Å². The minimum atomic E-state index is -0.316. The van der Waals surface area contributed by atoms with Crippen molar-refractivity contribution in [2.24, 2.45) is 0 Å². The molecular weight excluding hydrogens is 329 g/mol. The summed E-state index contributed by atoms with van der Waals surface area (Å²) in [5.41, 5.74) is 2.60. The summed E-state index contributed by atoms with van der Waals surface area (Å²) in [6.45, 7) is 1.75. The van der Waals surface area contributed by atoms with E-state index in [-0.39, 0.29) is 16.8 Å². The van der Waals surface area contributed by atoms with Crippen LogP contribution < -0.4 is 10.6 Å². The maximum absolute atomic E-state index is 13.0. The molecule has 3 aromatic rings. The Bertz CT molecular complexity index is 906. The van der Waals surface area contributed by atoms with Crippen LogP contribution >= 0.6 is 12.2 Å². The molecule has 0 atom stereocenters. The number of carbonyl (C=O) groups excluding carboxylic acids is 1. The predicted octanol–water partition coefficient (Wildman–Crippen LogP) is 3.86. The number of nitrogens with one attached hydrogen (secondary N) is 2. The van der Waals surface area contributed by atoms with Crippen LogP contribution in [0.4, 0.5) is 10.1 Å². The van der Waals surface area contributed by atoms with Crippen LogP contribution in [0.3, 0.4) is 0 Å². The monoisotopic (exact) mass is 343 g/mol. The smallest absolute Gasteiger partial charge is 0.227 e. The molecule has 1 heterocycles. The normalized spacial score (nSPS) is 10.6. The molecule has 0 radical (unpaired) electrons. The maximum Gasteiger partial charge on any atom is 0.227 e. The summed E-state index contributed by atoms with van der Waals surface area (Å²) in [7, 11) is 0. The van der Waals surface area contributed by atoms with Gasteiger partial charge in [0.15, 0.2) is 10.7 Å². The molecule has 0 bridgehead atoms. The summed E-state index contributed by atoms with van der Waals surface area (Å²) >= 11 is 5.07. The van der Waals surface area contributed by atoms with E-state index in [4.69, 9.17) is 16.6 Å². The van der Waals surface area contributed by atoms with Gasteiger partial charge in [0.05, 0.1) is 0 Å². The fraction of sp³-hybridized carbons (Fsp3) is 0.118. The molecule has 3 rings (SSSR count). The van der Waals surface area contributed by atoms with Crippen LogP contribution in [-0.2, 0) is 4.79 Å². The number of halogens is 1. The second kappa shape index (κ2) is 6.76. The van der Waals surface area contributed by atoms with Gasteiger partial charge < -0.3 is 15.1 Å². The summed E-state index contributed by atoms with van der Waals surface area (Å²) in [6.07, 6.45) is 0.352. The summed E-state index contributed by atoms with van der Waals surface area (Å²) in [6, 6.07) is 11.2. The minimum absolute atomic E-state index is 0.159. The van der Waals surface area contributed by atoms with E-state index in [1.54, 1.807) is 37.3 Å². The molecule has 2 N–H and O–H groups in total. The van der Waals surface area contributed by atoms with Gasteiger partial charge in [-0.15, -0.1) is 0 Å². The van der Waals surface area contributed by atoms with E-state index >= 15 is 0 Å². The van der Waals surface area contributed by atoms with Crippen LogP contribution in [-0.4, -0.2) is 16.0 Å². The van der Waals surface area contributed by atoms with Gasteiger partial charge in [0.1, 0.15) is 11.3 Å².